The Bertz CT molecular complexity index is 987. The maximum atomic E-state index is 13.5. The molecule has 0 bridgehead atoms. The number of halogens is 2. The molecular weight excluding hydrogens is 457 g/mol. The minimum Gasteiger partial charge on any atom is -0.466 e. The van der Waals surface area contributed by atoms with Crippen molar-refractivity contribution < 1.29 is 17.9 Å². The number of carbonyl (C=O) groups excluding carboxylic acids is 1. The van der Waals surface area contributed by atoms with Crippen LogP contribution in [0.1, 0.15) is 38.2 Å². The molecule has 0 aromatic heterocycles. The predicted molar refractivity (Wildman–Crippen MR) is 123 cm³/mol. The number of rotatable bonds is 8. The lowest BCUT2D eigenvalue weighted by Crippen LogP contribution is -2.37. The molecule has 0 unspecified atom stereocenters. The first-order valence-corrected chi connectivity index (χ1v) is 12.7. The van der Waals surface area contributed by atoms with Gasteiger partial charge < -0.3 is 4.74 Å². The summed E-state index contributed by atoms with van der Waals surface area (Å²) in [5.41, 5.74) is 0.847. The maximum absolute atomic E-state index is 13.5. The van der Waals surface area contributed by atoms with Crippen LogP contribution in [0.3, 0.4) is 0 Å². The monoisotopic (exact) mass is 483 g/mol. The van der Waals surface area contributed by atoms with Gasteiger partial charge in [-0.1, -0.05) is 47.5 Å². The number of ether oxygens (including phenoxy) is 1. The summed E-state index contributed by atoms with van der Waals surface area (Å²) >= 11 is 12.2. The summed E-state index contributed by atoms with van der Waals surface area (Å²) in [6.07, 6.45) is 2.98. The van der Waals surface area contributed by atoms with Crippen LogP contribution in [0.15, 0.2) is 53.4 Å². The Labute approximate surface area is 194 Å². The topological polar surface area (TPSA) is 63.7 Å². The van der Waals surface area contributed by atoms with Crippen LogP contribution in [0.25, 0.3) is 0 Å². The standard InChI is InChI=1S/C23H27Cl2NO4S/c1-2-30-23(27)19-11-7-17(8-12-19)15-26(16-18-9-13-20(24)14-10-18)31(28,29)22-6-4-3-5-21(22)25/h3-6,9-10,13-14,17,19H,2,7-8,11-12,15-16H2,1H3. The van der Waals surface area contributed by atoms with E-state index < -0.39 is 10.0 Å². The van der Waals surface area contributed by atoms with Gasteiger partial charge in [-0.2, -0.15) is 4.31 Å². The Morgan fingerprint density at radius 2 is 1.68 bits per heavy atom. The highest BCUT2D eigenvalue weighted by molar-refractivity contribution is 7.89. The fraction of sp³-hybridized carbons (Fsp3) is 0.435. The molecule has 0 heterocycles. The fourth-order valence-electron chi connectivity index (χ4n) is 3.96. The first-order chi connectivity index (χ1) is 14.8. The predicted octanol–water partition coefficient (Wildman–Crippen LogP) is 5.55. The summed E-state index contributed by atoms with van der Waals surface area (Å²) in [5, 5.41) is 0.802. The number of carbonyl (C=O) groups is 1. The summed E-state index contributed by atoms with van der Waals surface area (Å²) in [7, 11) is -3.80. The number of benzene rings is 2. The normalized spacial score (nSPS) is 19.4. The third-order valence-corrected chi connectivity index (χ3v) is 8.22. The van der Waals surface area contributed by atoms with Crippen molar-refractivity contribution in [3.63, 3.8) is 0 Å². The number of sulfonamides is 1. The van der Waals surface area contributed by atoms with Crippen LogP contribution >= 0.6 is 23.2 Å². The molecule has 0 amide bonds. The van der Waals surface area contributed by atoms with E-state index in [4.69, 9.17) is 27.9 Å². The molecule has 2 aromatic carbocycles. The molecule has 8 heteroatoms. The second-order valence-electron chi connectivity index (χ2n) is 7.82. The van der Waals surface area contributed by atoms with Crippen LogP contribution in [0.2, 0.25) is 10.0 Å². The van der Waals surface area contributed by atoms with Crippen molar-refractivity contribution >= 4 is 39.2 Å². The number of hydrogen-bond acceptors (Lipinski definition) is 4. The average molecular weight is 484 g/mol. The zero-order valence-electron chi connectivity index (χ0n) is 17.5. The molecule has 1 aliphatic rings. The van der Waals surface area contributed by atoms with E-state index in [1.807, 2.05) is 12.1 Å². The quantitative estimate of drug-likeness (QED) is 0.461. The molecule has 0 radical (unpaired) electrons. The van der Waals surface area contributed by atoms with Gasteiger partial charge in [0.2, 0.25) is 10.0 Å². The van der Waals surface area contributed by atoms with Crippen molar-refractivity contribution in [2.24, 2.45) is 11.8 Å². The minimum absolute atomic E-state index is 0.0962. The molecule has 0 aliphatic heterocycles. The summed E-state index contributed by atoms with van der Waals surface area (Å²) in [5.74, 6) is -0.0843. The van der Waals surface area contributed by atoms with E-state index in [0.29, 0.717) is 31.0 Å². The zero-order chi connectivity index (χ0) is 22.4. The molecule has 0 spiro atoms. The molecule has 1 saturated carbocycles. The average Bonchev–Trinajstić information content (AvgIpc) is 2.75. The number of esters is 1. The van der Waals surface area contributed by atoms with E-state index in [1.54, 1.807) is 37.3 Å². The van der Waals surface area contributed by atoms with Gasteiger partial charge in [-0.3, -0.25) is 4.79 Å². The molecule has 168 valence electrons. The molecule has 3 rings (SSSR count). The highest BCUT2D eigenvalue weighted by Crippen LogP contribution is 2.33. The summed E-state index contributed by atoms with van der Waals surface area (Å²) in [6, 6.07) is 13.7. The molecule has 0 N–H and O–H groups in total. The van der Waals surface area contributed by atoms with E-state index in [9.17, 15) is 13.2 Å². The van der Waals surface area contributed by atoms with Gasteiger partial charge in [0.1, 0.15) is 4.90 Å². The Balaban J connectivity index is 1.79. The van der Waals surface area contributed by atoms with E-state index >= 15 is 0 Å². The first-order valence-electron chi connectivity index (χ1n) is 10.5. The van der Waals surface area contributed by atoms with E-state index in [0.717, 1.165) is 18.4 Å². The van der Waals surface area contributed by atoms with Crippen molar-refractivity contribution in [1.82, 2.24) is 4.31 Å². The van der Waals surface area contributed by atoms with Gasteiger partial charge in [0.25, 0.3) is 0 Å². The van der Waals surface area contributed by atoms with Crippen LogP contribution in [0.5, 0.6) is 0 Å². The molecule has 1 fully saturated rings. The molecule has 5 nitrogen and oxygen atoms in total. The molecule has 31 heavy (non-hydrogen) atoms. The third kappa shape index (κ3) is 6.22. The van der Waals surface area contributed by atoms with Crippen molar-refractivity contribution in [2.75, 3.05) is 13.2 Å². The van der Waals surface area contributed by atoms with Crippen molar-refractivity contribution in [3.8, 4) is 0 Å². The molecule has 2 aromatic rings. The Hall–Kier alpha value is -1.60. The first kappa shape index (κ1) is 24.1. The molecular formula is C23H27Cl2NO4S. The molecule has 1 aliphatic carbocycles. The summed E-state index contributed by atoms with van der Waals surface area (Å²) in [4.78, 5) is 12.1. The van der Waals surface area contributed by atoms with Gasteiger partial charge >= 0.3 is 5.97 Å². The van der Waals surface area contributed by atoms with Crippen LogP contribution in [0.4, 0.5) is 0 Å². The van der Waals surface area contributed by atoms with Crippen molar-refractivity contribution in [1.29, 1.82) is 0 Å². The Morgan fingerprint density at radius 3 is 2.29 bits per heavy atom. The SMILES string of the molecule is CCOC(=O)C1CCC(CN(Cc2ccc(Cl)cc2)S(=O)(=O)c2ccccc2Cl)CC1. The smallest absolute Gasteiger partial charge is 0.308 e. The van der Waals surface area contributed by atoms with Crippen LogP contribution in [0, 0.1) is 11.8 Å². The Morgan fingerprint density at radius 1 is 1.03 bits per heavy atom. The third-order valence-electron chi connectivity index (χ3n) is 5.66. The van der Waals surface area contributed by atoms with Crippen LogP contribution in [-0.4, -0.2) is 31.8 Å². The highest BCUT2D eigenvalue weighted by Gasteiger charge is 2.32. The Kier molecular flexibility index (Phi) is 8.39. The maximum Gasteiger partial charge on any atom is 0.308 e. The lowest BCUT2D eigenvalue weighted by molar-refractivity contribution is -0.149. The fourth-order valence-corrected chi connectivity index (χ4v) is 6.09. The van der Waals surface area contributed by atoms with Gasteiger partial charge in [-0.05, 0) is 68.4 Å². The van der Waals surface area contributed by atoms with Crippen molar-refractivity contribution in [2.45, 2.75) is 44.0 Å². The van der Waals surface area contributed by atoms with E-state index in [1.165, 1.54) is 10.4 Å². The number of hydrogen-bond donors (Lipinski definition) is 0. The van der Waals surface area contributed by atoms with Gasteiger partial charge in [-0.25, -0.2) is 8.42 Å². The van der Waals surface area contributed by atoms with Gasteiger partial charge in [0.15, 0.2) is 0 Å². The van der Waals surface area contributed by atoms with Crippen molar-refractivity contribution in [3.05, 3.63) is 64.1 Å². The van der Waals surface area contributed by atoms with Gasteiger partial charge in [0.05, 0.1) is 17.5 Å². The highest BCUT2D eigenvalue weighted by atomic mass is 35.5. The minimum atomic E-state index is -3.80. The van der Waals surface area contributed by atoms with Gasteiger partial charge in [0, 0.05) is 18.1 Å². The summed E-state index contributed by atoms with van der Waals surface area (Å²) < 4.78 is 33.6. The molecule has 0 atom stereocenters. The van der Waals surface area contributed by atoms with E-state index in [-0.39, 0.29) is 34.3 Å². The second kappa shape index (κ2) is 10.8. The second-order valence-corrected chi connectivity index (χ2v) is 10.6. The number of nitrogens with zero attached hydrogens (tertiary/aromatic N) is 1. The van der Waals surface area contributed by atoms with Crippen LogP contribution < -0.4 is 0 Å². The molecule has 0 saturated heterocycles. The largest absolute Gasteiger partial charge is 0.466 e. The van der Waals surface area contributed by atoms with Crippen LogP contribution in [-0.2, 0) is 26.1 Å². The van der Waals surface area contributed by atoms with Gasteiger partial charge in [-0.15, -0.1) is 0 Å². The van der Waals surface area contributed by atoms with E-state index in [2.05, 4.69) is 0 Å². The summed E-state index contributed by atoms with van der Waals surface area (Å²) in [6.45, 7) is 2.77. The lowest BCUT2D eigenvalue weighted by Gasteiger charge is -2.32. The lowest BCUT2D eigenvalue weighted by atomic mass is 9.82. The zero-order valence-corrected chi connectivity index (χ0v) is 19.8.